The molecule has 0 aliphatic heterocycles. The van der Waals surface area contributed by atoms with E-state index in [-0.39, 0.29) is 17.1 Å². The number of rotatable bonds is 45. The van der Waals surface area contributed by atoms with Gasteiger partial charge in [0.15, 0.2) is 34.5 Å². The summed E-state index contributed by atoms with van der Waals surface area (Å²) in [7, 11) is 0. The Hall–Kier alpha value is -3.96. The second-order valence-corrected chi connectivity index (χ2v) is 20.4. The first-order valence-corrected chi connectivity index (χ1v) is 29.3. The zero-order valence-corrected chi connectivity index (χ0v) is 45.6. The first-order chi connectivity index (χ1) is 34.9. The van der Waals surface area contributed by atoms with Gasteiger partial charge in [-0.15, -0.1) is 0 Å². The Balaban J connectivity index is 0.000000540. The van der Waals surface area contributed by atoms with Gasteiger partial charge in [0.2, 0.25) is 0 Å². The Kier molecular flexibility index (Phi) is 41.9. The van der Waals surface area contributed by atoms with Crippen molar-refractivity contribution in [3.05, 3.63) is 69.8 Å². The Morgan fingerprint density at radius 2 is 0.458 bits per heavy atom. The van der Waals surface area contributed by atoms with Gasteiger partial charge < -0.3 is 30.3 Å². The van der Waals surface area contributed by atoms with Crippen LogP contribution in [0.15, 0.2) is 18.2 Å². The van der Waals surface area contributed by atoms with Crippen molar-refractivity contribution < 1.29 is 42.9 Å². The number of nitrogens with one attached hydrogen (secondary N) is 3. The molecule has 0 spiro atoms. The van der Waals surface area contributed by atoms with Crippen molar-refractivity contribution in [2.75, 3.05) is 0 Å². The van der Waals surface area contributed by atoms with Crippen LogP contribution >= 0.6 is 0 Å². The van der Waals surface area contributed by atoms with Gasteiger partial charge in [0.05, 0.1) is 0 Å². The van der Waals surface area contributed by atoms with Gasteiger partial charge in [-0.25, -0.2) is 27.6 Å². The molecule has 414 valence electrons. The molecule has 3 aromatic rings. The standard InChI is InChI=1S/C21H36FNO2.C20H34FNO2.C19H32FNO2/c1-2-3-4-5-6-7-8-9-10-11-12-13-14-15-16-18-17-19(22)20(23-18)21(24)25;1-2-3-4-5-6-7-8-9-10-11-12-13-14-15-17-16-18(21)19(22-17)20(23)24;1-2-3-4-5-6-7-8-9-10-11-12-13-14-16-15-17(20)18(21-16)19(22)23/h17,23H,2-16H2,1H3,(H,24,25);16,22H,2-15H2,1H3,(H,23,24);15,21H,2-14H2,1H3,(H,22,23). The molecule has 0 saturated carbocycles. The summed E-state index contributed by atoms with van der Waals surface area (Å²) in [5.41, 5.74) is 1.10. The zero-order chi connectivity index (χ0) is 52.9. The molecule has 9 nitrogen and oxygen atoms in total. The van der Waals surface area contributed by atoms with Crippen molar-refractivity contribution in [3.63, 3.8) is 0 Å². The lowest BCUT2D eigenvalue weighted by atomic mass is 10.0. The lowest BCUT2D eigenvalue weighted by Gasteiger charge is -2.03. The number of aromatic amines is 3. The quantitative estimate of drug-likeness (QED) is 0.0309. The van der Waals surface area contributed by atoms with Crippen molar-refractivity contribution >= 4 is 17.9 Å². The molecule has 3 aromatic heterocycles. The molecule has 0 unspecified atom stereocenters. The topological polar surface area (TPSA) is 159 Å². The van der Waals surface area contributed by atoms with Gasteiger partial charge >= 0.3 is 17.9 Å². The van der Waals surface area contributed by atoms with Gasteiger partial charge in [0.25, 0.3) is 0 Å². The van der Waals surface area contributed by atoms with Crippen LogP contribution in [0, 0.1) is 17.5 Å². The van der Waals surface area contributed by atoms with E-state index in [1.54, 1.807) is 0 Å². The fourth-order valence-electron chi connectivity index (χ4n) is 9.31. The normalized spacial score (nSPS) is 11.1. The smallest absolute Gasteiger partial charge is 0.355 e. The van der Waals surface area contributed by atoms with Crippen molar-refractivity contribution in [1.29, 1.82) is 0 Å². The van der Waals surface area contributed by atoms with Crippen molar-refractivity contribution in [1.82, 2.24) is 15.0 Å². The second kappa shape index (κ2) is 45.6. The highest BCUT2D eigenvalue weighted by Crippen LogP contribution is 2.19. The molecule has 0 amide bonds. The van der Waals surface area contributed by atoms with E-state index < -0.39 is 35.4 Å². The predicted octanol–water partition coefficient (Wildman–Crippen LogP) is 19.5. The Bertz CT molecular complexity index is 1770. The Morgan fingerprint density at radius 1 is 0.306 bits per heavy atom. The van der Waals surface area contributed by atoms with E-state index in [0.717, 1.165) is 57.8 Å². The first kappa shape index (κ1) is 66.1. The maximum atomic E-state index is 13.3. The molecular weight excluding hydrogens is 916 g/mol. The Labute approximate surface area is 434 Å². The highest BCUT2D eigenvalue weighted by atomic mass is 19.1. The molecule has 72 heavy (non-hydrogen) atoms. The molecule has 0 atom stereocenters. The molecule has 6 N–H and O–H groups in total. The minimum Gasteiger partial charge on any atom is -0.476 e. The van der Waals surface area contributed by atoms with Crippen molar-refractivity contribution in [3.8, 4) is 0 Å². The lowest BCUT2D eigenvalue weighted by molar-refractivity contribution is 0.0675. The van der Waals surface area contributed by atoms with Gasteiger partial charge in [0.1, 0.15) is 0 Å². The molecule has 0 aromatic carbocycles. The van der Waals surface area contributed by atoms with E-state index in [4.69, 9.17) is 15.3 Å². The molecule has 0 radical (unpaired) electrons. The molecule has 3 heterocycles. The van der Waals surface area contributed by atoms with Gasteiger partial charge in [-0.1, -0.05) is 252 Å². The van der Waals surface area contributed by atoms with Gasteiger partial charge in [0, 0.05) is 17.1 Å². The van der Waals surface area contributed by atoms with Crippen molar-refractivity contribution in [2.45, 2.75) is 290 Å². The number of carboxylic acid groups (broad SMARTS) is 3. The number of carboxylic acids is 3. The third kappa shape index (κ3) is 35.2. The van der Waals surface area contributed by atoms with Crippen LogP contribution in [0.5, 0.6) is 0 Å². The van der Waals surface area contributed by atoms with E-state index in [2.05, 4.69) is 35.7 Å². The number of H-pyrrole nitrogens is 3. The highest BCUT2D eigenvalue weighted by Gasteiger charge is 2.16. The average Bonchev–Trinajstić information content (AvgIpc) is 4.06. The van der Waals surface area contributed by atoms with Crippen LogP contribution in [-0.2, 0) is 19.3 Å². The summed E-state index contributed by atoms with van der Waals surface area (Å²) in [5, 5.41) is 26.4. The minimum absolute atomic E-state index is 0.319. The third-order valence-electron chi connectivity index (χ3n) is 13.8. The van der Waals surface area contributed by atoms with Crippen LogP contribution in [-0.4, -0.2) is 48.2 Å². The van der Waals surface area contributed by atoms with Crippen LogP contribution in [0.4, 0.5) is 13.2 Å². The van der Waals surface area contributed by atoms with E-state index in [9.17, 15) is 27.6 Å². The summed E-state index contributed by atoms with van der Waals surface area (Å²) in [5.74, 6) is -5.68. The van der Waals surface area contributed by atoms with Crippen molar-refractivity contribution in [2.24, 2.45) is 0 Å². The molecule has 0 aliphatic carbocycles. The van der Waals surface area contributed by atoms with Gasteiger partial charge in [-0.05, 0) is 56.7 Å². The summed E-state index contributed by atoms with van der Waals surface area (Å²) in [4.78, 5) is 40.2. The first-order valence-electron chi connectivity index (χ1n) is 29.3. The summed E-state index contributed by atoms with van der Waals surface area (Å²) >= 11 is 0. The Morgan fingerprint density at radius 3 is 0.597 bits per heavy atom. The van der Waals surface area contributed by atoms with Crippen LogP contribution in [0.1, 0.15) is 320 Å². The number of hydrogen-bond donors (Lipinski definition) is 6. The molecule has 0 aliphatic rings. The largest absolute Gasteiger partial charge is 0.476 e. The highest BCUT2D eigenvalue weighted by molar-refractivity contribution is 5.86. The predicted molar refractivity (Wildman–Crippen MR) is 291 cm³/mol. The SMILES string of the molecule is CCCCCCCCCCCCCCCCc1cc(F)c(C(=O)O)[nH]1.CCCCCCCCCCCCCCCc1cc(F)c(C(=O)O)[nH]1.CCCCCCCCCCCCCCc1cc(F)c(C(=O)O)[nH]1. The summed E-state index contributed by atoms with van der Waals surface area (Å²) in [6.45, 7) is 6.76. The summed E-state index contributed by atoms with van der Waals surface area (Å²) in [6, 6.07) is 3.93. The van der Waals surface area contributed by atoms with Crippen LogP contribution in [0.3, 0.4) is 0 Å². The monoisotopic (exact) mass is 1020 g/mol. The number of aromatic nitrogens is 3. The fourth-order valence-corrected chi connectivity index (χ4v) is 9.31. The number of hydrogen-bond acceptors (Lipinski definition) is 3. The number of unbranched alkanes of at least 4 members (excludes halogenated alkanes) is 36. The minimum atomic E-state index is -1.23. The van der Waals surface area contributed by atoms with Gasteiger partial charge in [-0.3, -0.25) is 0 Å². The summed E-state index contributed by atoms with van der Waals surface area (Å²) < 4.78 is 39.9. The third-order valence-corrected chi connectivity index (χ3v) is 13.8. The number of aryl methyl sites for hydroxylation is 3. The van der Waals surface area contributed by atoms with Crippen LogP contribution in [0.25, 0.3) is 0 Å². The average molecular weight is 1020 g/mol. The maximum Gasteiger partial charge on any atom is 0.355 e. The summed E-state index contributed by atoms with van der Waals surface area (Å²) in [6.07, 6.45) is 52.9. The molecule has 0 saturated heterocycles. The second-order valence-electron chi connectivity index (χ2n) is 20.4. The molecule has 0 bridgehead atoms. The molecule has 12 heteroatoms. The zero-order valence-electron chi connectivity index (χ0n) is 45.6. The fraction of sp³-hybridized carbons (Fsp3) is 0.750. The maximum absolute atomic E-state index is 13.3. The molecule has 3 rings (SSSR count). The van der Waals surface area contributed by atoms with Crippen LogP contribution in [0.2, 0.25) is 0 Å². The van der Waals surface area contributed by atoms with E-state index in [0.29, 0.717) is 17.1 Å². The van der Waals surface area contributed by atoms with E-state index in [1.807, 2.05) is 0 Å². The van der Waals surface area contributed by atoms with Crippen LogP contribution < -0.4 is 0 Å². The van der Waals surface area contributed by atoms with E-state index >= 15 is 0 Å². The number of halogens is 3. The lowest BCUT2D eigenvalue weighted by Crippen LogP contribution is -1.99. The molecule has 0 fully saturated rings. The van der Waals surface area contributed by atoms with Gasteiger partial charge in [-0.2, -0.15) is 0 Å². The number of carbonyl (C=O) groups is 3. The number of aromatic carboxylic acids is 3. The van der Waals surface area contributed by atoms with E-state index in [1.165, 1.54) is 230 Å². The molecular formula is C60H102F3N3O6.